The van der Waals surface area contributed by atoms with Gasteiger partial charge in [-0.3, -0.25) is 4.79 Å². The van der Waals surface area contributed by atoms with Gasteiger partial charge in [0.2, 0.25) is 5.91 Å². The maximum atomic E-state index is 12.1. The summed E-state index contributed by atoms with van der Waals surface area (Å²) in [6, 6.07) is 0. The first-order valence-electron chi connectivity index (χ1n) is 16.2. The second-order valence-electron chi connectivity index (χ2n) is 16.1. The summed E-state index contributed by atoms with van der Waals surface area (Å²) in [7, 11) is 0. The molecule has 6 unspecified atom stereocenters. The lowest BCUT2D eigenvalue weighted by molar-refractivity contribution is -0.247. The van der Waals surface area contributed by atoms with Gasteiger partial charge in [-0.15, -0.1) is 0 Å². The molecule has 7 rings (SSSR count). The molecule has 224 valence electrons. The van der Waals surface area contributed by atoms with E-state index in [1.807, 2.05) is 4.90 Å². The van der Waals surface area contributed by atoms with E-state index in [0.29, 0.717) is 54.2 Å². The molecule has 40 heavy (non-hydrogen) atoms. The van der Waals surface area contributed by atoms with Crippen LogP contribution in [-0.2, 0) is 23.8 Å². The van der Waals surface area contributed by atoms with Crippen LogP contribution in [0.25, 0.3) is 0 Å². The molecule has 7 nitrogen and oxygen atoms in total. The Kier molecular flexibility index (Phi) is 6.09. The number of nitrogens with zero attached hydrogens (tertiary/aromatic N) is 1. The highest BCUT2D eigenvalue weighted by Crippen LogP contribution is 2.89. The van der Waals surface area contributed by atoms with Crippen LogP contribution in [0.4, 0.5) is 0 Å². The predicted molar refractivity (Wildman–Crippen MR) is 149 cm³/mol. The molecule has 0 aromatic rings. The minimum absolute atomic E-state index is 0.0212. The Hall–Kier alpha value is -1.02. The average molecular weight is 558 g/mol. The number of aliphatic hydroxyl groups excluding tert-OH is 1. The summed E-state index contributed by atoms with van der Waals surface area (Å²) in [5.74, 6) is 1.84. The Balaban J connectivity index is 1.15. The first-order valence-corrected chi connectivity index (χ1v) is 16.2. The summed E-state index contributed by atoms with van der Waals surface area (Å²) < 4.78 is 19.0. The van der Waals surface area contributed by atoms with Gasteiger partial charge in [0.15, 0.2) is 6.29 Å². The second-order valence-corrected chi connectivity index (χ2v) is 16.1. The lowest BCUT2D eigenvalue weighted by Gasteiger charge is -2.63. The molecular formula is C33H51NO6. The number of hydrogen-bond donors (Lipinski definition) is 1. The number of aldehydes is 1. The van der Waals surface area contributed by atoms with Gasteiger partial charge in [-0.1, -0.05) is 34.6 Å². The van der Waals surface area contributed by atoms with Gasteiger partial charge in [-0.05, 0) is 96.7 Å². The largest absolute Gasteiger partial charge is 0.390 e. The van der Waals surface area contributed by atoms with Crippen LogP contribution in [0, 0.1) is 50.7 Å². The highest BCUT2D eigenvalue weighted by atomic mass is 16.7. The highest BCUT2D eigenvalue weighted by Gasteiger charge is 2.84. The number of carbonyl (C=O) groups excluding carboxylic acids is 2. The molecule has 2 heterocycles. The summed E-state index contributed by atoms with van der Waals surface area (Å²) in [5.41, 5.74) is 0.459. The number of morpholine rings is 1. The van der Waals surface area contributed by atoms with Gasteiger partial charge in [0.05, 0.1) is 31.5 Å². The zero-order valence-electron chi connectivity index (χ0n) is 25.5. The first-order chi connectivity index (χ1) is 18.9. The fourth-order valence-corrected chi connectivity index (χ4v) is 12.8. The molecule has 1 N–H and O–H groups in total. The van der Waals surface area contributed by atoms with Crippen molar-refractivity contribution < 1.29 is 28.9 Å². The van der Waals surface area contributed by atoms with Crippen molar-refractivity contribution in [1.29, 1.82) is 0 Å². The third kappa shape index (κ3) is 3.27. The number of aliphatic hydroxyl groups is 1. The molecule has 1 amide bonds. The fraction of sp³-hybridized carbons (Fsp3) is 0.939. The Bertz CT molecular complexity index is 1080. The Morgan fingerprint density at radius 3 is 2.50 bits per heavy atom. The fourth-order valence-electron chi connectivity index (χ4n) is 12.8. The Morgan fingerprint density at radius 1 is 1.05 bits per heavy atom. The third-order valence-electron chi connectivity index (χ3n) is 14.7. The lowest BCUT2D eigenvalue weighted by Crippen LogP contribution is -2.60. The van der Waals surface area contributed by atoms with Gasteiger partial charge in [0.25, 0.3) is 0 Å². The highest BCUT2D eigenvalue weighted by molar-refractivity contribution is 5.73. The molecule has 5 aliphatic carbocycles. The van der Waals surface area contributed by atoms with Crippen molar-refractivity contribution in [2.24, 2.45) is 50.7 Å². The maximum absolute atomic E-state index is 12.1. The molecular weight excluding hydrogens is 506 g/mol. The van der Waals surface area contributed by atoms with E-state index >= 15 is 0 Å². The molecule has 2 aliphatic heterocycles. The normalized spacial score (nSPS) is 56.2. The van der Waals surface area contributed by atoms with Gasteiger partial charge in [0, 0.05) is 18.9 Å². The van der Waals surface area contributed by atoms with Crippen molar-refractivity contribution in [3.8, 4) is 0 Å². The number of amides is 1. The predicted octanol–water partition coefficient (Wildman–Crippen LogP) is 4.59. The van der Waals surface area contributed by atoms with Crippen LogP contribution in [0.3, 0.4) is 0 Å². The number of fused-ring (bicyclic) bond motifs is 4. The average Bonchev–Trinajstić information content (AvgIpc) is 3.55. The van der Waals surface area contributed by atoms with Crippen LogP contribution >= 0.6 is 0 Å². The summed E-state index contributed by atoms with van der Waals surface area (Å²) >= 11 is 0. The van der Waals surface area contributed by atoms with E-state index in [0.717, 1.165) is 32.0 Å². The van der Waals surface area contributed by atoms with E-state index in [1.165, 1.54) is 25.7 Å². The molecule has 2 spiro atoms. The van der Waals surface area contributed by atoms with Gasteiger partial charge in [-0.25, -0.2) is 0 Å². The molecule has 2 saturated heterocycles. The van der Waals surface area contributed by atoms with Crippen molar-refractivity contribution >= 4 is 12.2 Å². The molecule has 0 radical (unpaired) electrons. The van der Waals surface area contributed by atoms with Crippen LogP contribution in [0.15, 0.2) is 0 Å². The Labute approximate surface area is 240 Å². The molecule has 0 bridgehead atoms. The van der Waals surface area contributed by atoms with Crippen molar-refractivity contribution in [3.63, 3.8) is 0 Å². The number of hydrogen-bond acceptors (Lipinski definition) is 6. The number of rotatable bonds is 3. The molecule has 5 saturated carbocycles. The smallest absolute Gasteiger partial charge is 0.219 e. The van der Waals surface area contributed by atoms with Crippen molar-refractivity contribution in [1.82, 2.24) is 4.90 Å². The van der Waals surface area contributed by atoms with Crippen LogP contribution in [0.2, 0.25) is 0 Å². The summed E-state index contributed by atoms with van der Waals surface area (Å²) in [6.45, 7) is 15.3. The van der Waals surface area contributed by atoms with Crippen LogP contribution in [0.1, 0.15) is 92.9 Å². The van der Waals surface area contributed by atoms with E-state index < -0.39 is 6.10 Å². The van der Waals surface area contributed by atoms with E-state index in [2.05, 4.69) is 34.6 Å². The molecule has 0 aromatic heterocycles. The van der Waals surface area contributed by atoms with E-state index in [1.54, 1.807) is 6.92 Å². The van der Waals surface area contributed by atoms with Crippen molar-refractivity contribution in [2.45, 2.75) is 124 Å². The second kappa shape index (κ2) is 8.76. The molecule has 7 aliphatic rings. The maximum Gasteiger partial charge on any atom is 0.219 e. The first kappa shape index (κ1) is 27.8. The summed E-state index contributed by atoms with van der Waals surface area (Å²) in [4.78, 5) is 25.6. The zero-order chi connectivity index (χ0) is 28.5. The van der Waals surface area contributed by atoms with E-state index in [-0.39, 0.29) is 46.8 Å². The molecule has 0 aromatic carbocycles. The zero-order valence-corrected chi connectivity index (χ0v) is 25.5. The van der Waals surface area contributed by atoms with Crippen molar-refractivity contribution in [2.75, 3.05) is 19.7 Å². The van der Waals surface area contributed by atoms with Crippen molar-refractivity contribution in [3.05, 3.63) is 0 Å². The van der Waals surface area contributed by atoms with Gasteiger partial charge < -0.3 is 29.0 Å². The third-order valence-corrected chi connectivity index (χ3v) is 14.7. The number of ether oxygens (including phenoxy) is 3. The van der Waals surface area contributed by atoms with Crippen LogP contribution < -0.4 is 0 Å². The van der Waals surface area contributed by atoms with Gasteiger partial charge >= 0.3 is 0 Å². The standard InChI is InChI=1S/C33H51NO6/c1-19-15-21(17-35)39-27-26(19)30(5)11-12-33-18-32(33)10-9-24(40-25-16-34(20(2)36)13-14-38-25)29(3,4)22(32)7-8-23(33)31(30,6)28(27)37/h17,19,21-28,37H,7-16,18H2,1-6H3/t19-,21?,22+,23+,24?,25?,26?,27?,28+,30-,31-,32-,33?/m1/s1. The summed E-state index contributed by atoms with van der Waals surface area (Å²) in [5, 5.41) is 12.1. The summed E-state index contributed by atoms with van der Waals surface area (Å²) in [6.07, 6.45) is 8.56. The molecule has 7 heteroatoms. The lowest BCUT2D eigenvalue weighted by atomic mass is 9.41. The van der Waals surface area contributed by atoms with Gasteiger partial charge in [-0.2, -0.15) is 0 Å². The molecule has 7 fully saturated rings. The van der Waals surface area contributed by atoms with E-state index in [9.17, 15) is 14.7 Å². The van der Waals surface area contributed by atoms with Crippen LogP contribution in [0.5, 0.6) is 0 Å². The minimum Gasteiger partial charge on any atom is -0.390 e. The molecule has 13 atom stereocenters. The quantitative estimate of drug-likeness (QED) is 0.511. The topological polar surface area (TPSA) is 85.3 Å². The van der Waals surface area contributed by atoms with Crippen LogP contribution in [-0.4, -0.2) is 72.6 Å². The van der Waals surface area contributed by atoms with Gasteiger partial charge in [0.1, 0.15) is 12.4 Å². The monoisotopic (exact) mass is 557 g/mol. The SMILES string of the molecule is CC(=O)N1CCOC(OC2CC[C@]34CC35CC[C@]3(C)C6C(OC(C=O)C[C@H]6C)[C@H](O)[C@@]3(C)[C@@H]5CC[C@H]4C2(C)C)C1. The van der Waals surface area contributed by atoms with E-state index in [4.69, 9.17) is 14.2 Å². The number of carbonyl (C=O) groups is 2. The minimum atomic E-state index is -0.524. The Morgan fingerprint density at radius 2 is 1.77 bits per heavy atom.